The fourth-order valence-corrected chi connectivity index (χ4v) is 1.38. The summed E-state index contributed by atoms with van der Waals surface area (Å²) in [6.45, 7) is 0. The van der Waals surface area contributed by atoms with Crippen LogP contribution in [0.15, 0.2) is 21.6 Å². The third-order valence-electron chi connectivity index (χ3n) is 1.39. The van der Waals surface area contributed by atoms with Crippen LogP contribution in [0.3, 0.4) is 0 Å². The highest BCUT2D eigenvalue weighted by Gasteiger charge is 2.10. The van der Waals surface area contributed by atoms with Gasteiger partial charge in [0.2, 0.25) is 0 Å². The molecule has 0 saturated carbocycles. The van der Waals surface area contributed by atoms with E-state index in [1.54, 1.807) is 10.9 Å². The molecule has 0 aromatic carbocycles. The smallest absolute Gasteiger partial charge is 0.196 e. The van der Waals surface area contributed by atoms with E-state index in [-0.39, 0.29) is 0 Å². The SMILES string of the molecule is O=Cc1cnoc1-c1cscn1. The fourth-order valence-electron chi connectivity index (χ4n) is 0.850. The molecule has 2 rings (SSSR count). The Labute approximate surface area is 71.8 Å². The zero-order chi connectivity index (χ0) is 8.39. The molecule has 0 aliphatic rings. The summed E-state index contributed by atoms with van der Waals surface area (Å²) in [5.74, 6) is 0.436. The maximum Gasteiger partial charge on any atom is 0.196 e. The molecule has 2 aromatic heterocycles. The average Bonchev–Trinajstić information content (AvgIpc) is 2.74. The number of hydrogen-bond donors (Lipinski definition) is 0. The summed E-state index contributed by atoms with van der Waals surface area (Å²) in [5, 5.41) is 5.31. The van der Waals surface area contributed by atoms with Crippen molar-refractivity contribution in [2.45, 2.75) is 0 Å². The molecule has 5 heteroatoms. The minimum atomic E-state index is 0.431. The molecule has 2 aromatic rings. The van der Waals surface area contributed by atoms with Gasteiger partial charge in [0.15, 0.2) is 12.0 Å². The Morgan fingerprint density at radius 2 is 2.50 bits per heavy atom. The Balaban J connectivity index is 2.53. The standard InChI is InChI=1S/C7H4N2O2S/c10-2-5-1-9-11-7(5)6-3-12-4-8-6/h1-4H. The Hall–Kier alpha value is -1.49. The van der Waals surface area contributed by atoms with Crippen LogP contribution in [-0.2, 0) is 0 Å². The summed E-state index contributed by atoms with van der Waals surface area (Å²) in [5.41, 5.74) is 2.76. The van der Waals surface area contributed by atoms with Gasteiger partial charge in [0.05, 0.1) is 17.3 Å². The number of carbonyl (C=O) groups is 1. The maximum absolute atomic E-state index is 10.5. The Morgan fingerprint density at radius 1 is 1.58 bits per heavy atom. The molecule has 0 spiro atoms. The molecule has 4 nitrogen and oxygen atoms in total. The predicted molar refractivity (Wildman–Crippen MR) is 43.0 cm³/mol. The van der Waals surface area contributed by atoms with Crippen molar-refractivity contribution in [3.8, 4) is 11.5 Å². The molecule has 0 unspecified atom stereocenters. The number of carbonyl (C=O) groups excluding carboxylic acids is 1. The lowest BCUT2D eigenvalue weighted by Crippen LogP contribution is -1.79. The number of aldehydes is 1. The van der Waals surface area contributed by atoms with Gasteiger partial charge in [0.25, 0.3) is 0 Å². The average molecular weight is 180 g/mol. The Bertz CT molecular complexity index is 380. The Kier molecular flexibility index (Phi) is 1.71. The minimum absolute atomic E-state index is 0.431. The number of thiazole rings is 1. The van der Waals surface area contributed by atoms with E-state index in [2.05, 4.69) is 10.1 Å². The van der Waals surface area contributed by atoms with Crippen molar-refractivity contribution in [1.82, 2.24) is 10.1 Å². The molecule has 12 heavy (non-hydrogen) atoms. The van der Waals surface area contributed by atoms with Gasteiger partial charge in [-0.05, 0) is 0 Å². The molecule has 0 N–H and O–H groups in total. The molecule has 0 amide bonds. The summed E-state index contributed by atoms with van der Waals surface area (Å²) < 4.78 is 4.86. The van der Waals surface area contributed by atoms with Crippen molar-refractivity contribution < 1.29 is 9.32 Å². The van der Waals surface area contributed by atoms with Crippen molar-refractivity contribution in [3.05, 3.63) is 22.7 Å². The van der Waals surface area contributed by atoms with Crippen LogP contribution in [0.25, 0.3) is 11.5 Å². The highest BCUT2D eigenvalue weighted by Crippen LogP contribution is 2.21. The van der Waals surface area contributed by atoms with E-state index in [1.807, 2.05) is 0 Å². The molecular weight excluding hydrogens is 176 g/mol. The second-order valence-electron chi connectivity index (χ2n) is 2.10. The minimum Gasteiger partial charge on any atom is -0.354 e. The number of rotatable bonds is 2. The van der Waals surface area contributed by atoms with E-state index < -0.39 is 0 Å². The van der Waals surface area contributed by atoms with Gasteiger partial charge in [-0.1, -0.05) is 5.16 Å². The van der Waals surface area contributed by atoms with E-state index in [0.29, 0.717) is 23.3 Å². The van der Waals surface area contributed by atoms with Crippen molar-refractivity contribution >= 4 is 17.6 Å². The van der Waals surface area contributed by atoms with Crippen LogP contribution in [0, 0.1) is 0 Å². The number of hydrogen-bond acceptors (Lipinski definition) is 5. The summed E-state index contributed by atoms with van der Waals surface area (Å²) in [6.07, 6.45) is 2.08. The molecule has 0 atom stereocenters. The van der Waals surface area contributed by atoms with E-state index in [1.165, 1.54) is 17.5 Å². The van der Waals surface area contributed by atoms with Gasteiger partial charge in [-0.3, -0.25) is 4.79 Å². The lowest BCUT2D eigenvalue weighted by atomic mass is 10.2. The zero-order valence-electron chi connectivity index (χ0n) is 5.93. The first kappa shape index (κ1) is 7.17. The van der Waals surface area contributed by atoms with Crippen molar-refractivity contribution in [1.29, 1.82) is 0 Å². The van der Waals surface area contributed by atoms with E-state index in [4.69, 9.17) is 4.52 Å². The van der Waals surface area contributed by atoms with Crippen molar-refractivity contribution in [2.75, 3.05) is 0 Å². The zero-order valence-corrected chi connectivity index (χ0v) is 6.75. The van der Waals surface area contributed by atoms with Crippen LogP contribution in [0.5, 0.6) is 0 Å². The van der Waals surface area contributed by atoms with Crippen LogP contribution in [0.1, 0.15) is 10.4 Å². The highest BCUT2D eigenvalue weighted by molar-refractivity contribution is 7.07. The van der Waals surface area contributed by atoms with Crippen molar-refractivity contribution in [2.24, 2.45) is 0 Å². The molecule has 0 aliphatic heterocycles. The van der Waals surface area contributed by atoms with Gasteiger partial charge in [-0.15, -0.1) is 11.3 Å². The Morgan fingerprint density at radius 3 is 3.17 bits per heavy atom. The van der Waals surface area contributed by atoms with Crippen LogP contribution in [-0.4, -0.2) is 16.4 Å². The summed E-state index contributed by atoms with van der Waals surface area (Å²) in [7, 11) is 0. The molecule has 0 bridgehead atoms. The largest absolute Gasteiger partial charge is 0.354 e. The molecule has 2 heterocycles. The first-order valence-corrected chi connectivity index (χ1v) is 4.14. The lowest BCUT2D eigenvalue weighted by molar-refractivity contribution is 0.112. The molecule has 0 aliphatic carbocycles. The highest BCUT2D eigenvalue weighted by atomic mass is 32.1. The first-order chi connectivity index (χ1) is 5.92. The lowest BCUT2D eigenvalue weighted by Gasteiger charge is -1.86. The van der Waals surface area contributed by atoms with Crippen LogP contribution >= 0.6 is 11.3 Å². The van der Waals surface area contributed by atoms with Crippen molar-refractivity contribution in [3.63, 3.8) is 0 Å². The molecular formula is C7H4N2O2S. The number of aromatic nitrogens is 2. The second kappa shape index (κ2) is 2.86. The third-order valence-corrected chi connectivity index (χ3v) is 1.98. The summed E-state index contributed by atoms with van der Waals surface area (Å²) in [6, 6.07) is 0. The monoisotopic (exact) mass is 180 g/mol. The van der Waals surface area contributed by atoms with E-state index >= 15 is 0 Å². The molecule has 0 radical (unpaired) electrons. The topological polar surface area (TPSA) is 56.0 Å². The van der Waals surface area contributed by atoms with Gasteiger partial charge in [0.1, 0.15) is 5.69 Å². The molecule has 0 fully saturated rings. The predicted octanol–water partition coefficient (Wildman–Crippen LogP) is 1.61. The van der Waals surface area contributed by atoms with Gasteiger partial charge in [0, 0.05) is 5.38 Å². The molecule has 60 valence electrons. The molecule has 0 saturated heterocycles. The van der Waals surface area contributed by atoms with Crippen LogP contribution < -0.4 is 0 Å². The quantitative estimate of drug-likeness (QED) is 0.659. The summed E-state index contributed by atoms with van der Waals surface area (Å²) in [4.78, 5) is 14.5. The van der Waals surface area contributed by atoms with Gasteiger partial charge in [-0.2, -0.15) is 0 Å². The van der Waals surface area contributed by atoms with E-state index in [9.17, 15) is 4.79 Å². The first-order valence-electron chi connectivity index (χ1n) is 3.20. The maximum atomic E-state index is 10.5. The van der Waals surface area contributed by atoms with Crippen LogP contribution in [0.4, 0.5) is 0 Å². The van der Waals surface area contributed by atoms with Gasteiger partial charge >= 0.3 is 0 Å². The normalized spacial score (nSPS) is 10.0. The van der Waals surface area contributed by atoms with Gasteiger partial charge < -0.3 is 4.52 Å². The fraction of sp³-hybridized carbons (Fsp3) is 0. The number of nitrogens with zero attached hydrogens (tertiary/aromatic N) is 2. The summed E-state index contributed by atoms with van der Waals surface area (Å²) >= 11 is 1.44. The van der Waals surface area contributed by atoms with E-state index in [0.717, 1.165) is 0 Å². The van der Waals surface area contributed by atoms with Gasteiger partial charge in [-0.25, -0.2) is 4.98 Å². The second-order valence-corrected chi connectivity index (χ2v) is 2.82. The van der Waals surface area contributed by atoms with Crippen LogP contribution in [0.2, 0.25) is 0 Å². The third kappa shape index (κ3) is 1.04.